The molecule has 0 unspecified atom stereocenters. The summed E-state index contributed by atoms with van der Waals surface area (Å²) in [4.78, 5) is 9.22. The monoisotopic (exact) mass is 340 g/mol. The van der Waals surface area contributed by atoms with Crippen molar-refractivity contribution in [2.75, 3.05) is 0 Å². The maximum Gasteiger partial charge on any atom is 0.227 e. The number of hydrogen-bond acceptors (Lipinski definition) is 4. The highest BCUT2D eigenvalue weighted by atomic mass is 16.4. The van der Waals surface area contributed by atoms with E-state index in [1.165, 1.54) is 11.1 Å². The Morgan fingerprint density at radius 2 is 1.00 bits per heavy atom. The maximum absolute atomic E-state index is 5.93. The molecule has 2 heterocycles. The fraction of sp³-hybridized carbons (Fsp3) is 0.0909. The van der Waals surface area contributed by atoms with Crippen LogP contribution in [0.4, 0.5) is 0 Å². The van der Waals surface area contributed by atoms with Crippen molar-refractivity contribution in [3.05, 3.63) is 71.8 Å². The van der Waals surface area contributed by atoms with Gasteiger partial charge in [0.05, 0.1) is 0 Å². The molecule has 5 rings (SSSR count). The number of nitrogens with zero attached hydrogens (tertiary/aromatic N) is 2. The molecule has 0 aliphatic carbocycles. The van der Waals surface area contributed by atoms with E-state index in [-0.39, 0.29) is 0 Å². The Morgan fingerprint density at radius 3 is 1.42 bits per heavy atom. The fourth-order valence-corrected chi connectivity index (χ4v) is 2.99. The number of aromatic nitrogens is 2. The average Bonchev–Trinajstić information content (AvgIpc) is 3.23. The van der Waals surface area contributed by atoms with Gasteiger partial charge in [-0.25, -0.2) is 9.97 Å². The molecular formula is C22H16N2O2. The minimum Gasteiger partial charge on any atom is -0.436 e. The van der Waals surface area contributed by atoms with E-state index >= 15 is 0 Å². The van der Waals surface area contributed by atoms with Crippen LogP contribution < -0.4 is 0 Å². The van der Waals surface area contributed by atoms with Crippen LogP contribution in [0.1, 0.15) is 11.1 Å². The van der Waals surface area contributed by atoms with Crippen molar-refractivity contribution in [2.45, 2.75) is 13.8 Å². The molecule has 26 heavy (non-hydrogen) atoms. The lowest BCUT2D eigenvalue weighted by atomic mass is 10.1. The van der Waals surface area contributed by atoms with Crippen LogP contribution in [0.3, 0.4) is 0 Å². The first-order valence-corrected chi connectivity index (χ1v) is 8.51. The molecule has 0 atom stereocenters. The SMILES string of the molecule is Cc1ccc(-c2nc3cc4nc(-c5ccc(C)cc5)oc4cc3o2)cc1. The van der Waals surface area contributed by atoms with Gasteiger partial charge in [0.1, 0.15) is 11.0 Å². The zero-order valence-electron chi connectivity index (χ0n) is 14.5. The number of benzene rings is 3. The van der Waals surface area contributed by atoms with Crippen LogP contribution in [0.25, 0.3) is 45.1 Å². The Morgan fingerprint density at radius 1 is 0.577 bits per heavy atom. The molecule has 0 saturated carbocycles. The summed E-state index contributed by atoms with van der Waals surface area (Å²) in [6.45, 7) is 4.11. The molecule has 3 aromatic carbocycles. The molecule has 5 aromatic rings. The first kappa shape index (κ1) is 14.9. The molecule has 0 radical (unpaired) electrons. The van der Waals surface area contributed by atoms with Gasteiger partial charge in [0, 0.05) is 17.2 Å². The van der Waals surface area contributed by atoms with Crippen molar-refractivity contribution in [1.29, 1.82) is 0 Å². The Kier molecular flexibility index (Phi) is 3.19. The minimum absolute atomic E-state index is 0.603. The third-order valence-corrected chi connectivity index (χ3v) is 4.49. The van der Waals surface area contributed by atoms with Gasteiger partial charge in [0.15, 0.2) is 11.2 Å². The summed E-state index contributed by atoms with van der Waals surface area (Å²) < 4.78 is 11.9. The van der Waals surface area contributed by atoms with Crippen LogP contribution in [0.2, 0.25) is 0 Å². The smallest absolute Gasteiger partial charge is 0.227 e. The average molecular weight is 340 g/mol. The highest BCUT2D eigenvalue weighted by Crippen LogP contribution is 2.30. The number of aryl methyl sites for hydroxylation is 2. The van der Waals surface area contributed by atoms with E-state index in [1.807, 2.05) is 60.7 Å². The Balaban J connectivity index is 1.60. The van der Waals surface area contributed by atoms with Gasteiger partial charge in [0.2, 0.25) is 11.8 Å². The van der Waals surface area contributed by atoms with E-state index in [2.05, 4.69) is 23.8 Å². The largest absolute Gasteiger partial charge is 0.436 e. The van der Waals surface area contributed by atoms with Gasteiger partial charge in [-0.15, -0.1) is 0 Å². The van der Waals surface area contributed by atoms with Crippen LogP contribution in [0.5, 0.6) is 0 Å². The predicted octanol–water partition coefficient (Wildman–Crippen LogP) is 5.92. The second kappa shape index (κ2) is 5.56. The highest BCUT2D eigenvalue weighted by molar-refractivity contribution is 5.91. The highest BCUT2D eigenvalue weighted by Gasteiger charge is 2.14. The third kappa shape index (κ3) is 2.47. The van der Waals surface area contributed by atoms with Crippen molar-refractivity contribution in [2.24, 2.45) is 0 Å². The van der Waals surface area contributed by atoms with Crippen LogP contribution in [0.15, 0.2) is 69.5 Å². The van der Waals surface area contributed by atoms with Crippen LogP contribution in [0, 0.1) is 13.8 Å². The number of oxazole rings is 2. The molecular weight excluding hydrogens is 324 g/mol. The lowest BCUT2D eigenvalue weighted by Crippen LogP contribution is -1.78. The summed E-state index contributed by atoms with van der Waals surface area (Å²) >= 11 is 0. The molecule has 0 N–H and O–H groups in total. The minimum atomic E-state index is 0.603. The van der Waals surface area contributed by atoms with Gasteiger partial charge in [0.25, 0.3) is 0 Å². The Bertz CT molecular complexity index is 1080. The van der Waals surface area contributed by atoms with Gasteiger partial charge in [-0.05, 0) is 44.2 Å². The van der Waals surface area contributed by atoms with E-state index in [4.69, 9.17) is 8.83 Å². The van der Waals surface area contributed by atoms with Gasteiger partial charge < -0.3 is 8.83 Å². The van der Waals surface area contributed by atoms with Crippen LogP contribution in [-0.2, 0) is 0 Å². The molecule has 0 aliphatic heterocycles. The van der Waals surface area contributed by atoms with E-state index in [0.717, 1.165) is 22.2 Å². The second-order valence-corrected chi connectivity index (χ2v) is 6.56. The fourth-order valence-electron chi connectivity index (χ4n) is 2.99. The molecule has 4 nitrogen and oxygen atoms in total. The first-order valence-electron chi connectivity index (χ1n) is 8.51. The molecule has 0 saturated heterocycles. The summed E-state index contributed by atoms with van der Waals surface area (Å²) in [6, 6.07) is 20.0. The predicted molar refractivity (Wildman–Crippen MR) is 102 cm³/mol. The van der Waals surface area contributed by atoms with Crippen molar-refractivity contribution < 1.29 is 8.83 Å². The van der Waals surface area contributed by atoms with E-state index in [9.17, 15) is 0 Å². The van der Waals surface area contributed by atoms with Crippen molar-refractivity contribution in [3.8, 4) is 22.9 Å². The topological polar surface area (TPSA) is 52.1 Å². The molecule has 2 aromatic heterocycles. The Labute approximate surface area is 150 Å². The van der Waals surface area contributed by atoms with Crippen molar-refractivity contribution in [3.63, 3.8) is 0 Å². The zero-order chi connectivity index (χ0) is 17.7. The molecule has 0 fully saturated rings. The number of hydrogen-bond donors (Lipinski definition) is 0. The number of fused-ring (bicyclic) bond motifs is 2. The lowest BCUT2D eigenvalue weighted by Gasteiger charge is -1.95. The Hall–Kier alpha value is -3.40. The van der Waals surface area contributed by atoms with Crippen LogP contribution >= 0.6 is 0 Å². The van der Waals surface area contributed by atoms with Crippen molar-refractivity contribution >= 4 is 22.2 Å². The van der Waals surface area contributed by atoms with Gasteiger partial charge >= 0.3 is 0 Å². The number of rotatable bonds is 2. The van der Waals surface area contributed by atoms with Crippen LogP contribution in [-0.4, -0.2) is 9.97 Å². The standard InChI is InChI=1S/C22H16N2O2/c1-13-3-7-15(8-4-13)21-23-17-11-18-20(12-19(17)25-21)26-22(24-18)16-9-5-14(2)6-10-16/h3-12H,1-2H3. The van der Waals surface area contributed by atoms with Crippen molar-refractivity contribution in [1.82, 2.24) is 9.97 Å². The molecule has 0 spiro atoms. The normalized spacial score (nSPS) is 11.5. The lowest BCUT2D eigenvalue weighted by molar-refractivity contribution is 0.609. The molecule has 4 heteroatoms. The molecule has 0 aliphatic rings. The van der Waals surface area contributed by atoms with E-state index in [0.29, 0.717) is 22.9 Å². The summed E-state index contributed by atoms with van der Waals surface area (Å²) in [7, 11) is 0. The quantitative estimate of drug-likeness (QED) is 0.400. The second-order valence-electron chi connectivity index (χ2n) is 6.56. The van der Waals surface area contributed by atoms with Gasteiger partial charge in [-0.2, -0.15) is 0 Å². The first-order chi connectivity index (χ1) is 12.7. The zero-order valence-corrected chi connectivity index (χ0v) is 14.5. The molecule has 0 bridgehead atoms. The summed E-state index contributed by atoms with van der Waals surface area (Å²) in [6.07, 6.45) is 0. The summed E-state index contributed by atoms with van der Waals surface area (Å²) in [5.74, 6) is 1.21. The van der Waals surface area contributed by atoms with Gasteiger partial charge in [-0.1, -0.05) is 35.4 Å². The van der Waals surface area contributed by atoms with Gasteiger partial charge in [-0.3, -0.25) is 0 Å². The maximum atomic E-state index is 5.93. The molecule has 126 valence electrons. The third-order valence-electron chi connectivity index (χ3n) is 4.49. The summed E-state index contributed by atoms with van der Waals surface area (Å²) in [5.41, 5.74) is 7.26. The van der Waals surface area contributed by atoms with E-state index < -0.39 is 0 Å². The molecule has 0 amide bonds. The van der Waals surface area contributed by atoms with E-state index in [1.54, 1.807) is 0 Å². The summed E-state index contributed by atoms with van der Waals surface area (Å²) in [5, 5.41) is 0.